The van der Waals surface area contributed by atoms with Crippen molar-refractivity contribution in [3.8, 4) is 12.3 Å². The van der Waals surface area contributed by atoms with Gasteiger partial charge in [-0.3, -0.25) is 4.79 Å². The van der Waals surface area contributed by atoms with E-state index in [1.807, 2.05) is 10.3 Å². The van der Waals surface area contributed by atoms with Crippen LogP contribution in [0.4, 0.5) is 5.13 Å². The van der Waals surface area contributed by atoms with Crippen LogP contribution in [0, 0.1) is 24.2 Å². The minimum absolute atomic E-state index is 0.0337. The Labute approximate surface area is 131 Å². The molecule has 1 saturated carbocycles. The molecule has 3 unspecified atom stereocenters. The van der Waals surface area contributed by atoms with E-state index in [2.05, 4.69) is 30.1 Å². The van der Waals surface area contributed by atoms with Gasteiger partial charge in [0, 0.05) is 17.6 Å². The maximum Gasteiger partial charge on any atom is 0.239 e. The summed E-state index contributed by atoms with van der Waals surface area (Å²) in [4.78, 5) is 18.4. The second-order valence-electron chi connectivity index (χ2n) is 5.82. The van der Waals surface area contributed by atoms with Crippen molar-refractivity contribution in [2.45, 2.75) is 39.2 Å². The van der Waals surface area contributed by atoms with Crippen molar-refractivity contribution in [2.24, 2.45) is 11.8 Å². The molecule has 1 aromatic rings. The molecule has 4 nitrogen and oxygen atoms in total. The summed E-state index contributed by atoms with van der Waals surface area (Å²) in [5, 5.41) is 5.87. The van der Waals surface area contributed by atoms with Gasteiger partial charge in [-0.05, 0) is 18.3 Å². The number of anilines is 1. The topological polar surface area (TPSA) is 45.2 Å². The molecular weight excluding hydrogens is 282 g/mol. The standard InChI is InChI=1S/C16H23N3OS/c1-4-9-19(16-17-8-10-21-16)11-15(20)18-14-7-5-6-12(2)13(14)3/h1,8,10,12-14H,5-7,9,11H2,2-3H3,(H,18,20). The highest BCUT2D eigenvalue weighted by atomic mass is 32.1. The molecule has 0 radical (unpaired) electrons. The van der Waals surface area contributed by atoms with Crippen LogP contribution in [0.1, 0.15) is 33.1 Å². The molecular formula is C16H23N3OS. The molecule has 1 aliphatic rings. The van der Waals surface area contributed by atoms with Crippen LogP contribution in [-0.4, -0.2) is 30.0 Å². The molecule has 0 bridgehead atoms. The fourth-order valence-corrected chi connectivity index (χ4v) is 3.53. The third kappa shape index (κ3) is 4.21. The van der Waals surface area contributed by atoms with Crippen LogP contribution in [0.15, 0.2) is 11.6 Å². The molecule has 2 rings (SSSR count). The summed E-state index contributed by atoms with van der Waals surface area (Å²) >= 11 is 1.50. The van der Waals surface area contributed by atoms with Crippen LogP contribution < -0.4 is 10.2 Å². The molecule has 0 aliphatic heterocycles. The van der Waals surface area contributed by atoms with E-state index in [4.69, 9.17) is 6.42 Å². The van der Waals surface area contributed by atoms with Crippen molar-refractivity contribution in [1.82, 2.24) is 10.3 Å². The van der Waals surface area contributed by atoms with Gasteiger partial charge >= 0.3 is 0 Å². The van der Waals surface area contributed by atoms with Crippen LogP contribution in [0.3, 0.4) is 0 Å². The van der Waals surface area contributed by atoms with Gasteiger partial charge in [0.05, 0.1) is 13.1 Å². The van der Waals surface area contributed by atoms with E-state index in [1.54, 1.807) is 6.20 Å². The van der Waals surface area contributed by atoms with E-state index in [-0.39, 0.29) is 18.5 Å². The summed E-state index contributed by atoms with van der Waals surface area (Å²) in [6.07, 6.45) is 10.6. The highest BCUT2D eigenvalue weighted by Gasteiger charge is 2.28. The van der Waals surface area contributed by atoms with Gasteiger partial charge in [-0.15, -0.1) is 17.8 Å². The molecule has 1 amide bonds. The van der Waals surface area contributed by atoms with Crippen LogP contribution in [-0.2, 0) is 4.79 Å². The van der Waals surface area contributed by atoms with Gasteiger partial charge in [-0.25, -0.2) is 4.98 Å². The lowest BCUT2D eigenvalue weighted by Gasteiger charge is -2.35. The maximum absolute atomic E-state index is 12.3. The SMILES string of the molecule is C#CCN(CC(=O)NC1CCCC(C)C1C)c1nccs1. The van der Waals surface area contributed by atoms with Crippen LogP contribution >= 0.6 is 11.3 Å². The predicted molar refractivity (Wildman–Crippen MR) is 87.3 cm³/mol. The largest absolute Gasteiger partial charge is 0.352 e. The smallest absolute Gasteiger partial charge is 0.239 e. The van der Waals surface area contributed by atoms with Crippen molar-refractivity contribution < 1.29 is 4.79 Å². The predicted octanol–water partition coefficient (Wildman–Crippen LogP) is 2.52. The number of hydrogen-bond donors (Lipinski definition) is 1. The van der Waals surface area contributed by atoms with Crippen molar-refractivity contribution in [3.05, 3.63) is 11.6 Å². The number of amides is 1. The lowest BCUT2D eigenvalue weighted by molar-refractivity contribution is -0.121. The Kier molecular flexibility index (Phi) is 5.63. The zero-order valence-electron chi connectivity index (χ0n) is 12.7. The van der Waals surface area contributed by atoms with E-state index in [0.717, 1.165) is 11.6 Å². The number of thiazole rings is 1. The number of aromatic nitrogens is 1. The quantitative estimate of drug-likeness (QED) is 0.850. The zero-order chi connectivity index (χ0) is 15.2. The molecule has 3 atom stereocenters. The maximum atomic E-state index is 12.3. The van der Waals surface area contributed by atoms with Crippen LogP contribution in [0.5, 0.6) is 0 Å². The Balaban J connectivity index is 1.92. The molecule has 1 aromatic heterocycles. The number of hydrogen-bond acceptors (Lipinski definition) is 4. The second kappa shape index (κ2) is 7.46. The fraction of sp³-hybridized carbons (Fsp3) is 0.625. The van der Waals surface area contributed by atoms with Crippen molar-refractivity contribution in [2.75, 3.05) is 18.0 Å². The summed E-state index contributed by atoms with van der Waals surface area (Å²) in [6.45, 7) is 5.17. The Morgan fingerprint density at radius 2 is 2.38 bits per heavy atom. The van der Waals surface area contributed by atoms with E-state index < -0.39 is 0 Å². The van der Waals surface area contributed by atoms with E-state index in [1.165, 1.54) is 24.2 Å². The first-order chi connectivity index (χ1) is 10.1. The van der Waals surface area contributed by atoms with Gasteiger partial charge in [0.2, 0.25) is 5.91 Å². The molecule has 5 heteroatoms. The molecule has 1 heterocycles. The molecule has 114 valence electrons. The van der Waals surface area contributed by atoms with E-state index >= 15 is 0 Å². The summed E-state index contributed by atoms with van der Waals surface area (Å²) < 4.78 is 0. The Morgan fingerprint density at radius 3 is 3.05 bits per heavy atom. The zero-order valence-corrected chi connectivity index (χ0v) is 13.5. The second-order valence-corrected chi connectivity index (χ2v) is 6.69. The molecule has 0 spiro atoms. The van der Waals surface area contributed by atoms with Gasteiger partial charge in [0.1, 0.15) is 0 Å². The fourth-order valence-electron chi connectivity index (χ4n) is 2.88. The third-order valence-corrected chi connectivity index (χ3v) is 5.19. The third-order valence-electron chi connectivity index (χ3n) is 4.36. The highest BCUT2D eigenvalue weighted by molar-refractivity contribution is 7.13. The molecule has 1 fully saturated rings. The van der Waals surface area contributed by atoms with Crippen LogP contribution in [0.2, 0.25) is 0 Å². The summed E-state index contributed by atoms with van der Waals surface area (Å²) in [5.41, 5.74) is 0. The number of rotatable bonds is 5. The van der Waals surface area contributed by atoms with Crippen molar-refractivity contribution >= 4 is 22.4 Å². The number of carbonyl (C=O) groups excluding carboxylic acids is 1. The van der Waals surface area contributed by atoms with Gasteiger partial charge < -0.3 is 10.2 Å². The Morgan fingerprint density at radius 1 is 1.57 bits per heavy atom. The first-order valence-corrected chi connectivity index (χ1v) is 8.37. The molecule has 1 aliphatic carbocycles. The summed E-state index contributed by atoms with van der Waals surface area (Å²) in [6, 6.07) is 0.283. The monoisotopic (exact) mass is 305 g/mol. The first kappa shape index (κ1) is 15.8. The van der Waals surface area contributed by atoms with Crippen molar-refractivity contribution in [3.63, 3.8) is 0 Å². The molecule has 0 aromatic carbocycles. The Hall–Kier alpha value is -1.54. The van der Waals surface area contributed by atoms with Gasteiger partial charge in [0.25, 0.3) is 0 Å². The number of terminal acetylenes is 1. The van der Waals surface area contributed by atoms with Gasteiger partial charge in [0.15, 0.2) is 5.13 Å². The van der Waals surface area contributed by atoms with E-state index in [9.17, 15) is 4.79 Å². The minimum atomic E-state index is 0.0337. The van der Waals surface area contributed by atoms with Gasteiger partial charge in [-0.2, -0.15) is 0 Å². The van der Waals surface area contributed by atoms with E-state index in [0.29, 0.717) is 18.4 Å². The first-order valence-electron chi connectivity index (χ1n) is 7.49. The Bertz CT molecular complexity index is 494. The van der Waals surface area contributed by atoms with Crippen molar-refractivity contribution in [1.29, 1.82) is 0 Å². The summed E-state index contributed by atoms with van der Waals surface area (Å²) in [7, 11) is 0. The average molecular weight is 305 g/mol. The highest BCUT2D eigenvalue weighted by Crippen LogP contribution is 2.29. The minimum Gasteiger partial charge on any atom is -0.352 e. The average Bonchev–Trinajstić information content (AvgIpc) is 2.97. The van der Waals surface area contributed by atoms with Gasteiger partial charge in [-0.1, -0.05) is 32.6 Å². The number of carbonyl (C=O) groups is 1. The molecule has 1 N–H and O–H groups in total. The number of nitrogens with zero attached hydrogens (tertiary/aromatic N) is 2. The molecule has 0 saturated heterocycles. The molecule has 21 heavy (non-hydrogen) atoms. The summed E-state index contributed by atoms with van der Waals surface area (Å²) in [5.74, 6) is 3.83. The lowest BCUT2D eigenvalue weighted by atomic mass is 9.78. The normalized spacial score (nSPS) is 25.1. The van der Waals surface area contributed by atoms with Crippen LogP contribution in [0.25, 0.3) is 0 Å². The number of nitrogens with one attached hydrogen (secondary N) is 1. The lowest BCUT2D eigenvalue weighted by Crippen LogP contribution is -2.47.